The van der Waals surface area contributed by atoms with E-state index < -0.39 is 6.10 Å². The number of rotatable bonds is 1. The Kier molecular flexibility index (Phi) is 1.73. The van der Waals surface area contributed by atoms with Crippen LogP contribution in [0.15, 0.2) is 4.99 Å². The number of nitrogens with two attached hydrogens (primary N) is 1. The van der Waals surface area contributed by atoms with Gasteiger partial charge < -0.3 is 15.2 Å². The molecule has 66 valence electrons. The summed E-state index contributed by atoms with van der Waals surface area (Å²) in [6.07, 6.45) is 1.08. The number of hydrogen-bond acceptors (Lipinski definition) is 4. The summed E-state index contributed by atoms with van der Waals surface area (Å²) in [4.78, 5) is 14.6. The smallest absolute Gasteiger partial charge is 0.294 e. The normalized spacial score (nSPS) is 35.0. The molecular weight excluding hydrogens is 160 g/mol. The fourth-order valence-corrected chi connectivity index (χ4v) is 1.46. The summed E-state index contributed by atoms with van der Waals surface area (Å²) in [5.74, 6) is -0.320. The summed E-state index contributed by atoms with van der Waals surface area (Å²) in [7, 11) is 0. The molecule has 0 spiro atoms. The third kappa shape index (κ3) is 1.16. The van der Waals surface area contributed by atoms with E-state index in [2.05, 4.69) is 4.99 Å². The Morgan fingerprint density at radius 1 is 1.58 bits per heavy atom. The number of carbonyl (C=O) groups is 1. The minimum atomic E-state index is -0.590. The van der Waals surface area contributed by atoms with Gasteiger partial charge in [0.05, 0.1) is 0 Å². The van der Waals surface area contributed by atoms with E-state index >= 15 is 0 Å². The van der Waals surface area contributed by atoms with Crippen molar-refractivity contribution in [2.75, 3.05) is 6.61 Å². The van der Waals surface area contributed by atoms with Gasteiger partial charge in [-0.2, -0.15) is 4.99 Å². The summed E-state index contributed by atoms with van der Waals surface area (Å²) in [6, 6.07) is -0.0412. The Balaban J connectivity index is 2.02. The molecule has 0 radical (unpaired) electrons. The number of carbonyl (C=O) groups excluding carboxylic acids is 1. The molecule has 5 heteroatoms. The number of nitrogens with zero attached hydrogens (tertiary/aromatic N) is 1. The average Bonchev–Trinajstić information content (AvgIpc) is 2.58. The summed E-state index contributed by atoms with van der Waals surface area (Å²) in [5, 5.41) is 0. The zero-order valence-corrected chi connectivity index (χ0v) is 6.53. The summed E-state index contributed by atoms with van der Waals surface area (Å²) < 4.78 is 10.3. The first kappa shape index (κ1) is 7.54. The van der Waals surface area contributed by atoms with Crippen LogP contribution in [0.2, 0.25) is 0 Å². The molecule has 0 bridgehead atoms. The first-order chi connectivity index (χ1) is 5.77. The Bertz CT molecular complexity index is 233. The van der Waals surface area contributed by atoms with Crippen molar-refractivity contribution in [2.45, 2.75) is 25.0 Å². The van der Waals surface area contributed by atoms with E-state index in [9.17, 15) is 4.79 Å². The molecule has 5 nitrogen and oxygen atoms in total. The van der Waals surface area contributed by atoms with Crippen molar-refractivity contribution in [3.05, 3.63) is 0 Å². The minimum Gasteiger partial charge on any atom is -0.449 e. The summed E-state index contributed by atoms with van der Waals surface area (Å²) >= 11 is 0. The fraction of sp³-hybridized carbons (Fsp3) is 0.714. The van der Waals surface area contributed by atoms with Crippen LogP contribution in [-0.4, -0.2) is 30.7 Å². The summed E-state index contributed by atoms with van der Waals surface area (Å²) in [5.41, 5.74) is 5.23. The third-order valence-corrected chi connectivity index (χ3v) is 2.01. The zero-order chi connectivity index (χ0) is 8.55. The number of hydrogen-bond donors (Lipinski definition) is 1. The molecule has 2 heterocycles. The highest BCUT2D eigenvalue weighted by Gasteiger charge is 2.37. The Morgan fingerprint density at radius 3 is 2.92 bits per heavy atom. The van der Waals surface area contributed by atoms with Gasteiger partial charge in [0.2, 0.25) is 6.10 Å². The molecule has 0 aromatic rings. The monoisotopic (exact) mass is 170 g/mol. The minimum absolute atomic E-state index is 0.0412. The number of amidine groups is 1. The maximum Gasteiger partial charge on any atom is 0.294 e. The molecule has 2 atom stereocenters. The largest absolute Gasteiger partial charge is 0.449 e. The molecule has 2 aliphatic heterocycles. The molecule has 1 fully saturated rings. The van der Waals surface area contributed by atoms with Crippen LogP contribution in [0.5, 0.6) is 0 Å². The lowest BCUT2D eigenvalue weighted by atomic mass is 10.1. The van der Waals surface area contributed by atoms with Crippen LogP contribution in [0.1, 0.15) is 12.8 Å². The number of ether oxygens (including phenoxy) is 2. The topological polar surface area (TPSA) is 73.9 Å². The Hall–Kier alpha value is -1.10. The number of aliphatic imine (C=N–C) groups is 1. The number of amides is 1. The Morgan fingerprint density at radius 2 is 2.42 bits per heavy atom. The second-order valence-corrected chi connectivity index (χ2v) is 2.88. The molecule has 2 aliphatic rings. The van der Waals surface area contributed by atoms with Gasteiger partial charge in [-0.3, -0.25) is 4.79 Å². The van der Waals surface area contributed by atoms with Gasteiger partial charge in [0.25, 0.3) is 11.9 Å². The lowest BCUT2D eigenvalue weighted by Gasteiger charge is -2.14. The second kappa shape index (κ2) is 2.75. The van der Waals surface area contributed by atoms with Gasteiger partial charge >= 0.3 is 0 Å². The fourth-order valence-electron chi connectivity index (χ4n) is 1.46. The van der Waals surface area contributed by atoms with Crippen LogP contribution in [0.4, 0.5) is 0 Å². The molecule has 1 saturated heterocycles. The van der Waals surface area contributed by atoms with Crippen molar-refractivity contribution in [1.82, 2.24) is 0 Å². The van der Waals surface area contributed by atoms with Gasteiger partial charge in [-0.25, -0.2) is 0 Å². The van der Waals surface area contributed by atoms with E-state index in [4.69, 9.17) is 15.2 Å². The van der Waals surface area contributed by atoms with Crippen molar-refractivity contribution < 1.29 is 14.3 Å². The standard InChI is InChI=1S/C7H10N2O3/c8-7-9-6(10)5(12-7)4-2-1-3-11-4/h4-5H,1-3H2,(H2,8,9,10). The van der Waals surface area contributed by atoms with Crippen LogP contribution >= 0.6 is 0 Å². The first-order valence-corrected chi connectivity index (χ1v) is 3.93. The summed E-state index contributed by atoms with van der Waals surface area (Å²) in [6.45, 7) is 0.692. The van der Waals surface area contributed by atoms with Gasteiger partial charge in [-0.05, 0) is 12.8 Å². The molecule has 2 N–H and O–H groups in total. The van der Waals surface area contributed by atoms with E-state index in [-0.39, 0.29) is 18.0 Å². The highest BCUT2D eigenvalue weighted by molar-refractivity contribution is 5.98. The van der Waals surface area contributed by atoms with Gasteiger partial charge in [-0.15, -0.1) is 0 Å². The lowest BCUT2D eigenvalue weighted by molar-refractivity contribution is -0.127. The lowest BCUT2D eigenvalue weighted by Crippen LogP contribution is -2.33. The molecule has 2 unspecified atom stereocenters. The molecule has 0 aliphatic carbocycles. The van der Waals surface area contributed by atoms with E-state index in [1.807, 2.05) is 0 Å². The quantitative estimate of drug-likeness (QED) is 0.570. The van der Waals surface area contributed by atoms with E-state index in [1.54, 1.807) is 0 Å². The van der Waals surface area contributed by atoms with Gasteiger partial charge in [0.15, 0.2) is 0 Å². The molecular formula is C7H10N2O3. The van der Waals surface area contributed by atoms with Crippen LogP contribution in [0.25, 0.3) is 0 Å². The van der Waals surface area contributed by atoms with E-state index in [1.165, 1.54) is 0 Å². The van der Waals surface area contributed by atoms with Crippen molar-refractivity contribution in [3.63, 3.8) is 0 Å². The molecule has 0 saturated carbocycles. The van der Waals surface area contributed by atoms with E-state index in [0.29, 0.717) is 6.61 Å². The van der Waals surface area contributed by atoms with Crippen molar-refractivity contribution in [3.8, 4) is 0 Å². The van der Waals surface area contributed by atoms with Crippen LogP contribution < -0.4 is 5.73 Å². The average molecular weight is 170 g/mol. The van der Waals surface area contributed by atoms with Crippen LogP contribution in [0.3, 0.4) is 0 Å². The maximum absolute atomic E-state index is 11.1. The van der Waals surface area contributed by atoms with Gasteiger partial charge in [0.1, 0.15) is 6.10 Å². The van der Waals surface area contributed by atoms with Crippen LogP contribution in [-0.2, 0) is 14.3 Å². The third-order valence-electron chi connectivity index (χ3n) is 2.01. The van der Waals surface area contributed by atoms with Crippen molar-refractivity contribution in [2.24, 2.45) is 10.7 Å². The molecule has 0 aromatic heterocycles. The Labute approximate surface area is 69.5 Å². The first-order valence-electron chi connectivity index (χ1n) is 3.93. The van der Waals surface area contributed by atoms with Crippen molar-refractivity contribution in [1.29, 1.82) is 0 Å². The van der Waals surface area contributed by atoms with Crippen molar-refractivity contribution >= 4 is 11.9 Å². The second-order valence-electron chi connectivity index (χ2n) is 2.88. The van der Waals surface area contributed by atoms with Crippen LogP contribution in [0, 0.1) is 0 Å². The molecule has 1 amide bonds. The highest BCUT2D eigenvalue weighted by atomic mass is 16.6. The van der Waals surface area contributed by atoms with Gasteiger partial charge in [0, 0.05) is 6.61 Å². The van der Waals surface area contributed by atoms with Gasteiger partial charge in [-0.1, -0.05) is 0 Å². The highest BCUT2D eigenvalue weighted by Crippen LogP contribution is 2.21. The zero-order valence-electron chi connectivity index (χ0n) is 6.53. The maximum atomic E-state index is 11.1. The SMILES string of the molecule is NC1=NC(=O)C(C2CCCO2)O1. The molecule has 0 aromatic carbocycles. The molecule has 2 rings (SSSR count). The predicted molar refractivity (Wildman–Crippen MR) is 40.5 cm³/mol. The van der Waals surface area contributed by atoms with E-state index in [0.717, 1.165) is 12.8 Å². The molecule has 12 heavy (non-hydrogen) atoms. The predicted octanol–water partition coefficient (Wildman–Crippen LogP) is -0.595.